The van der Waals surface area contributed by atoms with E-state index in [9.17, 15) is 9.90 Å². The highest BCUT2D eigenvalue weighted by atomic mass is 16.4. The zero-order valence-electron chi connectivity index (χ0n) is 13.6. The molecule has 24 heavy (non-hydrogen) atoms. The van der Waals surface area contributed by atoms with Gasteiger partial charge in [0.2, 0.25) is 0 Å². The van der Waals surface area contributed by atoms with Gasteiger partial charge in [0, 0.05) is 45.5 Å². The number of piperazine rings is 1. The van der Waals surface area contributed by atoms with Crippen LogP contribution in [-0.2, 0) is 13.1 Å². The van der Waals surface area contributed by atoms with Gasteiger partial charge in [0.05, 0.1) is 0 Å². The van der Waals surface area contributed by atoms with Crippen molar-refractivity contribution in [1.82, 2.24) is 9.88 Å². The second kappa shape index (κ2) is 7.42. The summed E-state index contributed by atoms with van der Waals surface area (Å²) in [6.45, 7) is 4.78. The van der Waals surface area contributed by atoms with Crippen molar-refractivity contribution in [3.05, 3.63) is 59.3 Å². The lowest BCUT2D eigenvalue weighted by atomic mass is 10.1. The summed E-state index contributed by atoms with van der Waals surface area (Å²) in [4.78, 5) is 20.0. The maximum atomic E-state index is 11.3. The van der Waals surface area contributed by atoms with Crippen LogP contribution in [0, 0.1) is 0 Å². The lowest BCUT2D eigenvalue weighted by Gasteiger charge is -2.35. The molecule has 6 heteroatoms. The maximum Gasteiger partial charge on any atom is 0.339 e. The van der Waals surface area contributed by atoms with Crippen LogP contribution in [0.1, 0.15) is 21.5 Å². The normalized spacial score (nSPS) is 15.5. The van der Waals surface area contributed by atoms with Crippen LogP contribution in [-0.4, -0.2) is 47.1 Å². The number of hydrogen-bond acceptors (Lipinski definition) is 5. The van der Waals surface area contributed by atoms with Gasteiger partial charge < -0.3 is 15.7 Å². The summed E-state index contributed by atoms with van der Waals surface area (Å²) < 4.78 is 0. The van der Waals surface area contributed by atoms with Crippen LogP contribution in [0.15, 0.2) is 42.6 Å². The minimum Gasteiger partial charge on any atom is -0.478 e. The van der Waals surface area contributed by atoms with Gasteiger partial charge in [-0.2, -0.15) is 0 Å². The lowest BCUT2D eigenvalue weighted by molar-refractivity contribution is 0.0697. The number of aromatic nitrogens is 1. The van der Waals surface area contributed by atoms with E-state index in [1.165, 1.54) is 5.56 Å². The molecule has 126 valence electrons. The molecular formula is C18H22N4O2. The molecule has 0 bridgehead atoms. The molecule has 2 heterocycles. The summed E-state index contributed by atoms with van der Waals surface area (Å²) >= 11 is 0. The van der Waals surface area contributed by atoms with Gasteiger partial charge in [-0.05, 0) is 23.3 Å². The number of hydrogen-bond donors (Lipinski definition) is 2. The van der Waals surface area contributed by atoms with Gasteiger partial charge in [0.15, 0.2) is 0 Å². The fourth-order valence-electron chi connectivity index (χ4n) is 2.97. The minimum absolute atomic E-state index is 0.267. The number of carboxylic acid groups (broad SMARTS) is 1. The van der Waals surface area contributed by atoms with Gasteiger partial charge in [-0.3, -0.25) is 4.90 Å². The molecule has 3 N–H and O–H groups in total. The molecule has 1 aromatic heterocycles. The molecule has 0 unspecified atom stereocenters. The third-order valence-electron chi connectivity index (χ3n) is 4.35. The zero-order valence-corrected chi connectivity index (χ0v) is 13.6. The van der Waals surface area contributed by atoms with Crippen LogP contribution in [0.2, 0.25) is 0 Å². The van der Waals surface area contributed by atoms with E-state index in [-0.39, 0.29) is 5.56 Å². The Morgan fingerprint density at radius 3 is 2.38 bits per heavy atom. The molecule has 0 aliphatic carbocycles. The number of nitrogens with zero attached hydrogens (tertiary/aromatic N) is 3. The Bertz CT molecular complexity index is 694. The first kappa shape index (κ1) is 16.4. The zero-order chi connectivity index (χ0) is 16.9. The second-order valence-corrected chi connectivity index (χ2v) is 5.96. The molecule has 1 aromatic carbocycles. The Hall–Kier alpha value is -2.44. The summed E-state index contributed by atoms with van der Waals surface area (Å²) in [6.07, 6.45) is 1.65. The van der Waals surface area contributed by atoms with Crippen LogP contribution in [0.25, 0.3) is 0 Å². The Labute approximate surface area is 141 Å². The van der Waals surface area contributed by atoms with Crippen LogP contribution in [0.3, 0.4) is 0 Å². The van der Waals surface area contributed by atoms with Gasteiger partial charge >= 0.3 is 5.97 Å². The molecule has 1 saturated heterocycles. The lowest BCUT2D eigenvalue weighted by Crippen LogP contribution is -2.46. The molecule has 1 aliphatic rings. The highest BCUT2D eigenvalue weighted by Crippen LogP contribution is 2.19. The molecule has 0 spiro atoms. The first-order chi connectivity index (χ1) is 11.7. The van der Waals surface area contributed by atoms with Gasteiger partial charge in [0.25, 0.3) is 0 Å². The Morgan fingerprint density at radius 2 is 1.75 bits per heavy atom. The van der Waals surface area contributed by atoms with E-state index in [0.717, 1.165) is 38.3 Å². The number of carboxylic acids is 1. The number of rotatable bonds is 5. The van der Waals surface area contributed by atoms with Crippen molar-refractivity contribution in [2.75, 3.05) is 31.1 Å². The predicted octanol–water partition coefficient (Wildman–Crippen LogP) is 1.56. The molecule has 2 aromatic rings. The molecule has 1 aliphatic heterocycles. The number of pyridine rings is 1. The monoisotopic (exact) mass is 326 g/mol. The van der Waals surface area contributed by atoms with Crippen molar-refractivity contribution in [2.45, 2.75) is 13.1 Å². The van der Waals surface area contributed by atoms with Gasteiger partial charge in [0.1, 0.15) is 11.4 Å². The quantitative estimate of drug-likeness (QED) is 0.868. The summed E-state index contributed by atoms with van der Waals surface area (Å²) in [5.41, 5.74) is 8.30. The number of benzene rings is 1. The Morgan fingerprint density at radius 1 is 1.08 bits per heavy atom. The molecule has 0 amide bonds. The van der Waals surface area contributed by atoms with Gasteiger partial charge in [-0.1, -0.05) is 24.3 Å². The van der Waals surface area contributed by atoms with E-state index >= 15 is 0 Å². The highest BCUT2D eigenvalue weighted by Gasteiger charge is 2.22. The third-order valence-corrected chi connectivity index (χ3v) is 4.35. The van der Waals surface area contributed by atoms with Crippen molar-refractivity contribution in [3.8, 4) is 0 Å². The molecule has 1 fully saturated rings. The summed E-state index contributed by atoms with van der Waals surface area (Å²) in [5, 5.41) is 9.30. The van der Waals surface area contributed by atoms with Crippen molar-refractivity contribution >= 4 is 11.8 Å². The van der Waals surface area contributed by atoms with Crippen molar-refractivity contribution in [2.24, 2.45) is 5.73 Å². The number of nitrogens with two attached hydrogens (primary N) is 1. The van der Waals surface area contributed by atoms with Crippen LogP contribution < -0.4 is 10.6 Å². The van der Waals surface area contributed by atoms with E-state index in [0.29, 0.717) is 12.4 Å². The Kier molecular flexibility index (Phi) is 5.08. The molecule has 0 radical (unpaired) electrons. The predicted molar refractivity (Wildman–Crippen MR) is 93.0 cm³/mol. The topological polar surface area (TPSA) is 82.7 Å². The van der Waals surface area contributed by atoms with E-state index in [4.69, 9.17) is 5.73 Å². The van der Waals surface area contributed by atoms with Gasteiger partial charge in [-0.15, -0.1) is 0 Å². The standard InChI is InChI=1S/C18H22N4O2/c19-12-14-3-5-15(6-4-14)13-21-8-10-22(11-9-21)17-16(18(23)24)2-1-7-20-17/h1-7H,8-13,19H2,(H,23,24). The van der Waals surface area contributed by atoms with Crippen LogP contribution in [0.4, 0.5) is 5.82 Å². The summed E-state index contributed by atoms with van der Waals surface area (Å²) in [6, 6.07) is 11.6. The van der Waals surface area contributed by atoms with E-state index in [1.54, 1.807) is 18.3 Å². The van der Waals surface area contributed by atoms with E-state index in [2.05, 4.69) is 39.0 Å². The van der Waals surface area contributed by atoms with Crippen molar-refractivity contribution in [1.29, 1.82) is 0 Å². The van der Waals surface area contributed by atoms with E-state index in [1.807, 2.05) is 0 Å². The van der Waals surface area contributed by atoms with Crippen LogP contribution in [0.5, 0.6) is 0 Å². The average molecular weight is 326 g/mol. The van der Waals surface area contributed by atoms with Gasteiger partial charge in [-0.25, -0.2) is 9.78 Å². The second-order valence-electron chi connectivity index (χ2n) is 5.96. The summed E-state index contributed by atoms with van der Waals surface area (Å²) in [5.74, 6) is -0.363. The van der Waals surface area contributed by atoms with E-state index < -0.39 is 5.97 Å². The molecular weight excluding hydrogens is 304 g/mol. The fraction of sp³-hybridized carbons (Fsp3) is 0.333. The molecule has 0 saturated carbocycles. The Balaban J connectivity index is 1.60. The first-order valence-electron chi connectivity index (χ1n) is 8.11. The number of anilines is 1. The van der Waals surface area contributed by atoms with Crippen LogP contribution >= 0.6 is 0 Å². The molecule has 0 atom stereocenters. The minimum atomic E-state index is -0.930. The molecule has 6 nitrogen and oxygen atoms in total. The largest absolute Gasteiger partial charge is 0.478 e. The smallest absolute Gasteiger partial charge is 0.339 e. The van der Waals surface area contributed by atoms with Crippen molar-refractivity contribution in [3.63, 3.8) is 0 Å². The molecule has 3 rings (SSSR count). The van der Waals surface area contributed by atoms with Crippen molar-refractivity contribution < 1.29 is 9.90 Å². The highest BCUT2D eigenvalue weighted by molar-refractivity contribution is 5.93. The maximum absolute atomic E-state index is 11.3. The third kappa shape index (κ3) is 3.72. The fourth-order valence-corrected chi connectivity index (χ4v) is 2.97. The average Bonchev–Trinajstić information content (AvgIpc) is 2.63. The first-order valence-corrected chi connectivity index (χ1v) is 8.11. The summed E-state index contributed by atoms with van der Waals surface area (Å²) in [7, 11) is 0. The number of carbonyl (C=O) groups is 1. The SMILES string of the molecule is NCc1ccc(CN2CCN(c3ncccc3C(=O)O)CC2)cc1. The number of aromatic carboxylic acids is 1.